The Morgan fingerprint density at radius 3 is 3.00 bits per heavy atom. The minimum Gasteiger partial charge on any atom is -0.381 e. The summed E-state index contributed by atoms with van der Waals surface area (Å²) in [4.78, 5) is 12.1. The van der Waals surface area contributed by atoms with E-state index in [1.54, 1.807) is 0 Å². The van der Waals surface area contributed by atoms with Gasteiger partial charge >= 0.3 is 0 Å². The van der Waals surface area contributed by atoms with Crippen molar-refractivity contribution in [2.24, 2.45) is 5.92 Å². The number of nitrogens with zero attached hydrogens (tertiary/aromatic N) is 1. The van der Waals surface area contributed by atoms with E-state index in [1.165, 1.54) is 16.6 Å². The van der Waals surface area contributed by atoms with Gasteiger partial charge in [0, 0.05) is 35.4 Å². The normalized spacial score (nSPS) is 18.6. The van der Waals surface area contributed by atoms with Gasteiger partial charge in [-0.2, -0.15) is 0 Å². The van der Waals surface area contributed by atoms with Crippen LogP contribution in [-0.2, 0) is 16.1 Å². The summed E-state index contributed by atoms with van der Waals surface area (Å²) in [7, 11) is 0. The Labute approximate surface area is 118 Å². The Hall–Kier alpha value is -1.81. The zero-order valence-electron chi connectivity index (χ0n) is 12.0. The molecule has 3 rings (SSSR count). The predicted octanol–water partition coefficient (Wildman–Crippen LogP) is 2.94. The van der Waals surface area contributed by atoms with Crippen LogP contribution < -0.4 is 5.32 Å². The zero-order chi connectivity index (χ0) is 14.1. The number of benzene rings is 1. The van der Waals surface area contributed by atoms with Gasteiger partial charge in [0.05, 0.1) is 12.5 Å². The molecule has 1 atom stereocenters. The van der Waals surface area contributed by atoms with Crippen LogP contribution in [0.25, 0.3) is 10.9 Å². The van der Waals surface area contributed by atoms with Crippen molar-refractivity contribution in [2.45, 2.75) is 26.8 Å². The fourth-order valence-corrected chi connectivity index (χ4v) is 2.89. The van der Waals surface area contributed by atoms with Crippen LogP contribution in [0.1, 0.15) is 19.0 Å². The molecule has 20 heavy (non-hydrogen) atoms. The van der Waals surface area contributed by atoms with E-state index in [0.29, 0.717) is 13.2 Å². The topological polar surface area (TPSA) is 43.3 Å². The summed E-state index contributed by atoms with van der Waals surface area (Å²) >= 11 is 0. The molecular weight excluding hydrogens is 252 g/mol. The number of hydrogen-bond acceptors (Lipinski definition) is 2. The molecule has 1 saturated heterocycles. The second kappa shape index (κ2) is 5.29. The van der Waals surface area contributed by atoms with Gasteiger partial charge in [-0.25, -0.2) is 0 Å². The number of carbonyl (C=O) groups is 1. The number of aryl methyl sites for hydroxylation is 2. The van der Waals surface area contributed by atoms with Crippen LogP contribution in [-0.4, -0.2) is 23.7 Å². The van der Waals surface area contributed by atoms with Crippen LogP contribution in [0.4, 0.5) is 5.69 Å². The van der Waals surface area contributed by atoms with Crippen LogP contribution in [0, 0.1) is 12.8 Å². The molecule has 4 nitrogen and oxygen atoms in total. The molecule has 4 heteroatoms. The summed E-state index contributed by atoms with van der Waals surface area (Å²) in [6, 6.07) is 8.25. The van der Waals surface area contributed by atoms with Crippen molar-refractivity contribution in [1.29, 1.82) is 0 Å². The quantitative estimate of drug-likeness (QED) is 0.933. The first-order valence-electron chi connectivity index (χ1n) is 7.17. The summed E-state index contributed by atoms with van der Waals surface area (Å²) < 4.78 is 7.53. The second-order valence-corrected chi connectivity index (χ2v) is 5.35. The van der Waals surface area contributed by atoms with Gasteiger partial charge in [0.2, 0.25) is 5.91 Å². The van der Waals surface area contributed by atoms with E-state index < -0.39 is 0 Å². The third-order valence-electron chi connectivity index (χ3n) is 3.99. The van der Waals surface area contributed by atoms with Crippen molar-refractivity contribution in [2.75, 3.05) is 18.5 Å². The molecule has 0 bridgehead atoms. The van der Waals surface area contributed by atoms with E-state index in [1.807, 2.05) is 12.1 Å². The van der Waals surface area contributed by atoms with Gasteiger partial charge in [0.1, 0.15) is 0 Å². The Kier molecular flexibility index (Phi) is 3.49. The molecule has 1 N–H and O–H groups in total. The Morgan fingerprint density at radius 2 is 2.30 bits per heavy atom. The summed E-state index contributed by atoms with van der Waals surface area (Å²) in [5, 5.41) is 4.17. The Morgan fingerprint density at radius 1 is 1.45 bits per heavy atom. The number of ether oxygens (including phenoxy) is 1. The van der Waals surface area contributed by atoms with Crippen LogP contribution in [0.15, 0.2) is 24.3 Å². The third-order valence-corrected chi connectivity index (χ3v) is 3.99. The summed E-state index contributed by atoms with van der Waals surface area (Å²) in [5.41, 5.74) is 3.32. The van der Waals surface area contributed by atoms with Crippen molar-refractivity contribution in [3.63, 3.8) is 0 Å². The van der Waals surface area contributed by atoms with Crippen LogP contribution in [0.5, 0.6) is 0 Å². The lowest BCUT2D eigenvalue weighted by molar-refractivity contribution is -0.119. The molecule has 0 spiro atoms. The van der Waals surface area contributed by atoms with Crippen molar-refractivity contribution in [1.82, 2.24) is 4.57 Å². The maximum Gasteiger partial charge on any atom is 0.229 e. The van der Waals surface area contributed by atoms with E-state index in [-0.39, 0.29) is 11.8 Å². The minimum atomic E-state index is -0.00678. The van der Waals surface area contributed by atoms with Crippen LogP contribution in [0.2, 0.25) is 0 Å². The van der Waals surface area contributed by atoms with E-state index in [0.717, 1.165) is 18.7 Å². The van der Waals surface area contributed by atoms with Crippen LogP contribution >= 0.6 is 0 Å². The average molecular weight is 272 g/mol. The fraction of sp³-hybridized carbons (Fsp3) is 0.438. The monoisotopic (exact) mass is 272 g/mol. The molecule has 0 radical (unpaired) electrons. The van der Waals surface area contributed by atoms with Gasteiger partial charge in [-0.15, -0.1) is 0 Å². The molecule has 1 unspecified atom stereocenters. The molecule has 1 aromatic carbocycles. The lowest BCUT2D eigenvalue weighted by Gasteiger charge is -2.10. The first-order valence-corrected chi connectivity index (χ1v) is 7.17. The summed E-state index contributed by atoms with van der Waals surface area (Å²) in [6.45, 7) is 6.44. The molecule has 2 aromatic rings. The molecule has 1 aliphatic heterocycles. The predicted molar refractivity (Wildman–Crippen MR) is 79.9 cm³/mol. The van der Waals surface area contributed by atoms with E-state index in [2.05, 4.69) is 35.9 Å². The highest BCUT2D eigenvalue weighted by molar-refractivity contribution is 5.95. The highest BCUT2D eigenvalue weighted by Crippen LogP contribution is 2.24. The minimum absolute atomic E-state index is 0.00678. The molecular formula is C16H20N2O2. The molecule has 1 amide bonds. The number of nitrogens with one attached hydrogen (secondary N) is 1. The lowest BCUT2D eigenvalue weighted by atomic mass is 10.1. The molecule has 1 aliphatic rings. The van der Waals surface area contributed by atoms with Gasteiger partial charge in [-0.05, 0) is 44.5 Å². The van der Waals surface area contributed by atoms with Crippen LogP contribution in [0.3, 0.4) is 0 Å². The fourth-order valence-electron chi connectivity index (χ4n) is 2.89. The summed E-state index contributed by atoms with van der Waals surface area (Å²) in [5.74, 6) is 0.0566. The maximum atomic E-state index is 12.1. The highest BCUT2D eigenvalue weighted by Gasteiger charge is 2.23. The number of hydrogen-bond donors (Lipinski definition) is 1. The molecule has 2 heterocycles. The lowest BCUT2D eigenvalue weighted by Crippen LogP contribution is -2.22. The largest absolute Gasteiger partial charge is 0.381 e. The molecule has 1 aromatic heterocycles. The van der Waals surface area contributed by atoms with E-state index >= 15 is 0 Å². The smallest absolute Gasteiger partial charge is 0.229 e. The van der Waals surface area contributed by atoms with Crippen molar-refractivity contribution in [3.05, 3.63) is 30.0 Å². The van der Waals surface area contributed by atoms with Gasteiger partial charge in [-0.3, -0.25) is 4.79 Å². The second-order valence-electron chi connectivity index (χ2n) is 5.35. The molecule has 0 saturated carbocycles. The van der Waals surface area contributed by atoms with Gasteiger partial charge in [0.25, 0.3) is 0 Å². The summed E-state index contributed by atoms with van der Waals surface area (Å²) in [6.07, 6.45) is 0.819. The number of fused-ring (bicyclic) bond motifs is 1. The van der Waals surface area contributed by atoms with Gasteiger partial charge in [0.15, 0.2) is 0 Å². The Balaban J connectivity index is 1.84. The zero-order valence-corrected chi connectivity index (χ0v) is 12.0. The third kappa shape index (κ3) is 2.31. The van der Waals surface area contributed by atoms with Crippen molar-refractivity contribution < 1.29 is 9.53 Å². The first kappa shape index (κ1) is 13.2. The van der Waals surface area contributed by atoms with E-state index in [9.17, 15) is 4.79 Å². The molecule has 106 valence electrons. The molecule has 0 aliphatic carbocycles. The number of amides is 1. The number of carbonyl (C=O) groups excluding carboxylic acids is 1. The maximum absolute atomic E-state index is 12.1. The average Bonchev–Trinajstić information content (AvgIpc) is 3.04. The highest BCUT2D eigenvalue weighted by atomic mass is 16.5. The standard InChI is InChI=1S/C16H20N2O2/c1-3-18-11(2)8-13-9-14(4-5-15(13)18)17-16(19)12-6-7-20-10-12/h4-5,8-9,12H,3,6-7,10H2,1-2H3,(H,17,19). The van der Waals surface area contributed by atoms with Crippen molar-refractivity contribution in [3.8, 4) is 0 Å². The first-order chi connectivity index (χ1) is 9.69. The Bertz CT molecular complexity index is 639. The number of anilines is 1. The SMILES string of the molecule is CCn1c(C)cc2cc(NC(=O)C3CCOC3)ccc21. The number of aromatic nitrogens is 1. The molecule has 1 fully saturated rings. The van der Waals surface area contributed by atoms with Crippen molar-refractivity contribution >= 4 is 22.5 Å². The van der Waals surface area contributed by atoms with E-state index in [4.69, 9.17) is 4.74 Å². The van der Waals surface area contributed by atoms with Gasteiger partial charge < -0.3 is 14.6 Å². The number of rotatable bonds is 3. The van der Waals surface area contributed by atoms with Gasteiger partial charge in [-0.1, -0.05) is 0 Å².